The maximum atomic E-state index is 12.3. The number of amides is 1. The van der Waals surface area contributed by atoms with Gasteiger partial charge in [0.25, 0.3) is 0 Å². The third kappa shape index (κ3) is 7.27. The van der Waals surface area contributed by atoms with Gasteiger partial charge in [0.1, 0.15) is 11.3 Å². The molecule has 8 nitrogen and oxygen atoms in total. The van der Waals surface area contributed by atoms with E-state index in [0.29, 0.717) is 5.69 Å². The highest BCUT2D eigenvalue weighted by molar-refractivity contribution is 6.74. The van der Waals surface area contributed by atoms with Gasteiger partial charge in [0.05, 0.1) is 26.3 Å². The van der Waals surface area contributed by atoms with Crippen LogP contribution in [-0.4, -0.2) is 55.5 Å². The number of methoxy groups -OCH3 is 1. The molecule has 0 unspecified atom stereocenters. The summed E-state index contributed by atoms with van der Waals surface area (Å²) in [5.41, 5.74) is -0.302. The summed E-state index contributed by atoms with van der Waals surface area (Å²) >= 11 is 0. The fraction of sp³-hybridized carbons (Fsp3) is 0.737. The van der Waals surface area contributed by atoms with Gasteiger partial charge in [-0.05, 0) is 45.0 Å². The molecule has 1 heterocycles. The predicted molar refractivity (Wildman–Crippen MR) is 110 cm³/mol. The number of alkyl carbamates (subject to hydrolysis) is 1. The minimum atomic E-state index is -2.02. The molecule has 0 saturated heterocycles. The van der Waals surface area contributed by atoms with Gasteiger partial charge < -0.3 is 19.2 Å². The lowest BCUT2D eigenvalue weighted by molar-refractivity contribution is 0.0476. The van der Waals surface area contributed by atoms with Gasteiger partial charge in [0.15, 0.2) is 8.32 Å². The molecule has 160 valence electrons. The van der Waals surface area contributed by atoms with Crippen LogP contribution in [0.5, 0.6) is 0 Å². The Morgan fingerprint density at radius 2 is 1.82 bits per heavy atom. The van der Waals surface area contributed by atoms with E-state index < -0.39 is 32.0 Å². The molecule has 0 bridgehead atoms. The number of hydrogen-bond acceptors (Lipinski definition) is 6. The Bertz CT molecular complexity index is 674. The summed E-state index contributed by atoms with van der Waals surface area (Å²) in [6.07, 6.45) is 0.981. The van der Waals surface area contributed by atoms with Crippen LogP contribution in [0.25, 0.3) is 0 Å². The summed E-state index contributed by atoms with van der Waals surface area (Å²) in [6, 6.07) is 1.15. The first-order valence-electron chi connectivity index (χ1n) is 9.40. The van der Waals surface area contributed by atoms with Gasteiger partial charge in [-0.2, -0.15) is 5.10 Å². The smallest absolute Gasteiger partial charge is 0.408 e. The van der Waals surface area contributed by atoms with Gasteiger partial charge >= 0.3 is 12.1 Å². The SMILES string of the molecule is COC(=O)c1ccnn1C[C@@H](CO[Si](C)(C)C(C)(C)C)NC(=O)OC(C)(C)C. The van der Waals surface area contributed by atoms with E-state index in [1.54, 1.807) is 26.8 Å². The Morgan fingerprint density at radius 3 is 2.32 bits per heavy atom. The standard InChI is InChI=1S/C19H35N3O5Si/c1-18(2,3)27-17(24)21-14(13-26-28(8,9)19(4,5)6)12-22-15(10-11-20-22)16(23)25-7/h10-11,14H,12-13H2,1-9H3,(H,21,24)/t14-/m0/s1. The molecule has 0 aliphatic heterocycles. The zero-order valence-electron chi connectivity index (χ0n) is 18.6. The molecule has 0 aliphatic rings. The first-order valence-corrected chi connectivity index (χ1v) is 12.3. The molecular formula is C19H35N3O5Si. The number of aromatic nitrogens is 2. The van der Waals surface area contributed by atoms with Crippen LogP contribution in [0.1, 0.15) is 52.0 Å². The Labute approximate surface area is 169 Å². The van der Waals surface area contributed by atoms with Crippen LogP contribution in [0, 0.1) is 0 Å². The van der Waals surface area contributed by atoms with Crippen molar-refractivity contribution in [1.82, 2.24) is 15.1 Å². The van der Waals surface area contributed by atoms with Crippen molar-refractivity contribution >= 4 is 20.4 Å². The second-order valence-corrected chi connectivity index (χ2v) is 14.1. The Morgan fingerprint density at radius 1 is 1.21 bits per heavy atom. The van der Waals surface area contributed by atoms with Gasteiger partial charge in [0, 0.05) is 6.20 Å². The molecule has 28 heavy (non-hydrogen) atoms. The van der Waals surface area contributed by atoms with Crippen molar-refractivity contribution in [2.24, 2.45) is 0 Å². The summed E-state index contributed by atoms with van der Waals surface area (Å²) in [4.78, 5) is 24.2. The van der Waals surface area contributed by atoms with Crippen LogP contribution >= 0.6 is 0 Å². The molecule has 1 aromatic rings. The van der Waals surface area contributed by atoms with E-state index in [2.05, 4.69) is 44.3 Å². The largest absolute Gasteiger partial charge is 0.464 e. The van der Waals surface area contributed by atoms with E-state index in [-0.39, 0.29) is 18.2 Å². The summed E-state index contributed by atoms with van der Waals surface area (Å²) in [6.45, 7) is 16.7. The van der Waals surface area contributed by atoms with Gasteiger partial charge in [-0.15, -0.1) is 0 Å². The zero-order valence-corrected chi connectivity index (χ0v) is 19.6. The van der Waals surface area contributed by atoms with E-state index in [0.717, 1.165) is 0 Å². The number of hydrogen-bond donors (Lipinski definition) is 1. The lowest BCUT2D eigenvalue weighted by Gasteiger charge is -2.37. The van der Waals surface area contributed by atoms with E-state index >= 15 is 0 Å². The zero-order chi connectivity index (χ0) is 21.8. The molecule has 0 aromatic carbocycles. The minimum absolute atomic E-state index is 0.0341. The number of nitrogens with one attached hydrogen (secondary N) is 1. The molecule has 1 aromatic heterocycles. The van der Waals surface area contributed by atoms with E-state index in [4.69, 9.17) is 13.9 Å². The quantitative estimate of drug-likeness (QED) is 0.542. The highest BCUT2D eigenvalue weighted by Gasteiger charge is 2.38. The third-order valence-electron chi connectivity index (χ3n) is 4.68. The van der Waals surface area contributed by atoms with Crippen molar-refractivity contribution in [2.45, 2.75) is 77.9 Å². The Balaban J connectivity index is 2.97. The predicted octanol–water partition coefficient (Wildman–Crippen LogP) is 3.58. The average Bonchev–Trinajstić information content (AvgIpc) is 2.97. The van der Waals surface area contributed by atoms with Gasteiger partial charge in [0.2, 0.25) is 0 Å². The first kappa shape index (κ1) is 24.2. The molecule has 1 N–H and O–H groups in total. The number of rotatable bonds is 7. The maximum Gasteiger partial charge on any atom is 0.408 e. The maximum absolute atomic E-state index is 12.3. The van der Waals surface area contributed by atoms with Crippen molar-refractivity contribution < 1.29 is 23.5 Å². The molecule has 1 rings (SSSR count). The molecular weight excluding hydrogens is 378 g/mol. The second kappa shape index (κ2) is 9.08. The van der Waals surface area contributed by atoms with E-state index in [9.17, 15) is 9.59 Å². The third-order valence-corrected chi connectivity index (χ3v) is 9.18. The van der Waals surface area contributed by atoms with Gasteiger partial charge in [-0.25, -0.2) is 9.59 Å². The van der Waals surface area contributed by atoms with Crippen molar-refractivity contribution in [3.05, 3.63) is 18.0 Å². The molecule has 0 saturated carbocycles. The van der Waals surface area contributed by atoms with Crippen LogP contribution in [-0.2, 0) is 20.4 Å². The summed E-state index contributed by atoms with van der Waals surface area (Å²) < 4.78 is 17.9. The highest BCUT2D eigenvalue weighted by Crippen LogP contribution is 2.36. The van der Waals surface area contributed by atoms with E-state index in [1.165, 1.54) is 18.0 Å². The molecule has 0 spiro atoms. The van der Waals surface area contributed by atoms with Gasteiger partial charge in [-0.1, -0.05) is 20.8 Å². The number of nitrogens with zero attached hydrogens (tertiary/aromatic N) is 2. The monoisotopic (exact) mass is 413 g/mol. The van der Waals surface area contributed by atoms with Gasteiger partial charge in [-0.3, -0.25) is 4.68 Å². The first-order chi connectivity index (χ1) is 12.7. The van der Waals surface area contributed by atoms with Crippen LogP contribution < -0.4 is 5.32 Å². The van der Waals surface area contributed by atoms with Crippen molar-refractivity contribution in [1.29, 1.82) is 0 Å². The lowest BCUT2D eigenvalue weighted by atomic mass is 10.2. The second-order valence-electron chi connectivity index (χ2n) is 9.30. The number of esters is 1. The number of ether oxygens (including phenoxy) is 2. The van der Waals surface area contributed by atoms with Crippen LogP contribution in [0.3, 0.4) is 0 Å². The van der Waals surface area contributed by atoms with Crippen LogP contribution in [0.2, 0.25) is 18.1 Å². The number of carbonyl (C=O) groups excluding carboxylic acids is 2. The normalized spacial score (nSPS) is 13.8. The number of carbonyl (C=O) groups is 2. The van der Waals surface area contributed by atoms with Crippen molar-refractivity contribution in [3.63, 3.8) is 0 Å². The van der Waals surface area contributed by atoms with E-state index in [1.807, 2.05) is 0 Å². The topological polar surface area (TPSA) is 91.7 Å². The fourth-order valence-electron chi connectivity index (χ4n) is 2.10. The molecule has 0 aliphatic carbocycles. The van der Waals surface area contributed by atoms with Crippen molar-refractivity contribution in [2.75, 3.05) is 13.7 Å². The highest BCUT2D eigenvalue weighted by atomic mass is 28.4. The summed E-state index contributed by atoms with van der Waals surface area (Å²) in [7, 11) is -0.706. The Kier molecular flexibility index (Phi) is 7.84. The fourth-order valence-corrected chi connectivity index (χ4v) is 3.16. The molecule has 0 radical (unpaired) electrons. The molecule has 9 heteroatoms. The Hall–Kier alpha value is -1.87. The molecule has 0 fully saturated rings. The lowest BCUT2D eigenvalue weighted by Crippen LogP contribution is -2.48. The minimum Gasteiger partial charge on any atom is -0.464 e. The van der Waals surface area contributed by atoms with Crippen molar-refractivity contribution in [3.8, 4) is 0 Å². The average molecular weight is 414 g/mol. The molecule has 1 amide bonds. The van der Waals surface area contributed by atoms with Crippen LogP contribution in [0.4, 0.5) is 4.79 Å². The summed E-state index contributed by atoms with van der Waals surface area (Å²) in [5, 5.41) is 7.06. The summed E-state index contributed by atoms with van der Waals surface area (Å²) in [5.74, 6) is -0.487. The van der Waals surface area contributed by atoms with Crippen LogP contribution in [0.15, 0.2) is 12.3 Å². The molecule has 1 atom stereocenters.